The van der Waals surface area contributed by atoms with E-state index in [1.54, 1.807) is 7.11 Å². The third-order valence-corrected chi connectivity index (χ3v) is 1.92. The van der Waals surface area contributed by atoms with E-state index in [2.05, 4.69) is 4.18 Å². The van der Waals surface area contributed by atoms with Crippen LogP contribution >= 0.6 is 0 Å². The minimum Gasteiger partial charge on any atom is -0.382 e. The molecule has 92 valence electrons. The summed E-state index contributed by atoms with van der Waals surface area (Å²) < 4.78 is 40.4. The van der Waals surface area contributed by atoms with E-state index in [9.17, 15) is 8.42 Å². The molecule has 0 unspecified atom stereocenters. The fraction of sp³-hybridized carbons (Fsp3) is 1.00. The van der Waals surface area contributed by atoms with Crippen LogP contribution in [0.5, 0.6) is 0 Å². The SMILES string of the molecule is COCCOCCOCCOS(C)(=O)=O. The van der Waals surface area contributed by atoms with Crippen molar-refractivity contribution in [3.8, 4) is 0 Å². The fourth-order valence-corrected chi connectivity index (χ4v) is 1.08. The average Bonchev–Trinajstić information content (AvgIpc) is 2.14. The Morgan fingerprint density at radius 1 is 0.867 bits per heavy atom. The molecule has 15 heavy (non-hydrogen) atoms. The Balaban J connectivity index is 3.06. The van der Waals surface area contributed by atoms with Gasteiger partial charge in [-0.15, -0.1) is 0 Å². The first-order valence-corrected chi connectivity index (χ1v) is 6.37. The highest BCUT2D eigenvalue weighted by Gasteiger charge is 1.99. The van der Waals surface area contributed by atoms with Crippen molar-refractivity contribution in [1.29, 1.82) is 0 Å². The van der Waals surface area contributed by atoms with E-state index in [0.717, 1.165) is 6.26 Å². The minimum atomic E-state index is -3.36. The van der Waals surface area contributed by atoms with Crippen LogP contribution in [0.4, 0.5) is 0 Å². The fourth-order valence-electron chi connectivity index (χ4n) is 0.709. The van der Waals surface area contributed by atoms with Gasteiger partial charge in [0.1, 0.15) is 0 Å². The lowest BCUT2D eigenvalue weighted by Gasteiger charge is -2.05. The lowest BCUT2D eigenvalue weighted by Crippen LogP contribution is -2.13. The first kappa shape index (κ1) is 14.8. The van der Waals surface area contributed by atoms with Gasteiger partial charge in [0, 0.05) is 7.11 Å². The highest BCUT2D eigenvalue weighted by molar-refractivity contribution is 7.85. The monoisotopic (exact) mass is 242 g/mol. The van der Waals surface area contributed by atoms with Crippen molar-refractivity contribution in [2.45, 2.75) is 0 Å². The Kier molecular flexibility index (Phi) is 8.92. The first-order valence-electron chi connectivity index (χ1n) is 4.55. The molecule has 0 atom stereocenters. The summed E-state index contributed by atoms with van der Waals surface area (Å²) >= 11 is 0. The first-order chi connectivity index (χ1) is 7.06. The van der Waals surface area contributed by atoms with E-state index in [1.165, 1.54) is 0 Å². The van der Waals surface area contributed by atoms with E-state index in [4.69, 9.17) is 14.2 Å². The molecule has 0 fully saturated rings. The van der Waals surface area contributed by atoms with Crippen LogP contribution in [0.2, 0.25) is 0 Å². The molecule has 0 aromatic carbocycles. The predicted molar refractivity (Wildman–Crippen MR) is 54.3 cm³/mol. The van der Waals surface area contributed by atoms with Gasteiger partial charge in [-0.3, -0.25) is 4.18 Å². The summed E-state index contributed by atoms with van der Waals surface area (Å²) in [5.41, 5.74) is 0. The Morgan fingerprint density at radius 2 is 1.33 bits per heavy atom. The molecular formula is C8H18O6S. The van der Waals surface area contributed by atoms with E-state index in [0.29, 0.717) is 26.4 Å². The molecule has 0 saturated heterocycles. The summed E-state index contributed by atoms with van der Waals surface area (Å²) in [5, 5.41) is 0. The number of rotatable bonds is 10. The summed E-state index contributed by atoms with van der Waals surface area (Å²) in [6.07, 6.45) is 1.00. The van der Waals surface area contributed by atoms with Crippen molar-refractivity contribution in [3.63, 3.8) is 0 Å². The normalized spacial score (nSPS) is 11.9. The maximum absolute atomic E-state index is 10.5. The van der Waals surface area contributed by atoms with Crippen LogP contribution in [0.3, 0.4) is 0 Å². The molecule has 0 rings (SSSR count). The summed E-state index contributed by atoms with van der Waals surface area (Å²) in [6.45, 7) is 2.23. The molecule has 0 bridgehead atoms. The second-order valence-electron chi connectivity index (χ2n) is 2.74. The molecule has 0 saturated carbocycles. The zero-order valence-electron chi connectivity index (χ0n) is 9.10. The smallest absolute Gasteiger partial charge is 0.264 e. The van der Waals surface area contributed by atoms with Gasteiger partial charge in [-0.25, -0.2) is 0 Å². The molecule has 0 aliphatic carbocycles. The average molecular weight is 242 g/mol. The Hall–Kier alpha value is -0.210. The predicted octanol–water partition coefficient (Wildman–Crippen LogP) is -0.358. The topological polar surface area (TPSA) is 71.1 Å². The summed E-state index contributed by atoms with van der Waals surface area (Å²) in [4.78, 5) is 0. The standard InChI is InChI=1S/C8H18O6S/c1-11-3-4-12-5-6-13-7-8-14-15(2,9)10/h3-8H2,1-2H3. The van der Waals surface area contributed by atoms with E-state index < -0.39 is 10.1 Å². The minimum absolute atomic E-state index is 0.0386. The maximum atomic E-state index is 10.5. The molecule has 0 aliphatic heterocycles. The van der Waals surface area contributed by atoms with Gasteiger partial charge in [0.15, 0.2) is 0 Å². The van der Waals surface area contributed by atoms with Gasteiger partial charge < -0.3 is 14.2 Å². The number of hydrogen-bond donors (Lipinski definition) is 0. The van der Waals surface area contributed by atoms with Gasteiger partial charge in [-0.05, 0) is 0 Å². The van der Waals surface area contributed by atoms with Crippen LogP contribution in [0.1, 0.15) is 0 Å². The molecule has 0 aromatic rings. The molecule has 0 N–H and O–H groups in total. The Bertz CT molecular complexity index is 225. The summed E-state index contributed by atoms with van der Waals surface area (Å²) in [6, 6.07) is 0. The van der Waals surface area contributed by atoms with Gasteiger partial charge >= 0.3 is 0 Å². The van der Waals surface area contributed by atoms with Crippen molar-refractivity contribution in [2.75, 3.05) is 53.0 Å². The third-order valence-electron chi connectivity index (χ3n) is 1.33. The number of hydrogen-bond acceptors (Lipinski definition) is 6. The molecule has 0 aliphatic rings. The van der Waals surface area contributed by atoms with Gasteiger partial charge in [0.25, 0.3) is 10.1 Å². The van der Waals surface area contributed by atoms with Crippen molar-refractivity contribution in [3.05, 3.63) is 0 Å². The second kappa shape index (κ2) is 9.05. The van der Waals surface area contributed by atoms with E-state index in [1.807, 2.05) is 0 Å². The van der Waals surface area contributed by atoms with Crippen LogP contribution in [0, 0.1) is 0 Å². The second-order valence-corrected chi connectivity index (χ2v) is 4.39. The molecule has 0 spiro atoms. The third kappa shape index (κ3) is 13.8. The molecule has 0 amide bonds. The van der Waals surface area contributed by atoms with Crippen LogP contribution < -0.4 is 0 Å². The van der Waals surface area contributed by atoms with Gasteiger partial charge in [0.2, 0.25) is 0 Å². The molecule has 0 heterocycles. The van der Waals surface area contributed by atoms with Crippen molar-refractivity contribution >= 4 is 10.1 Å². The quantitative estimate of drug-likeness (QED) is 0.385. The molecule has 6 nitrogen and oxygen atoms in total. The Morgan fingerprint density at radius 3 is 1.80 bits per heavy atom. The van der Waals surface area contributed by atoms with Crippen LogP contribution in [-0.2, 0) is 28.5 Å². The van der Waals surface area contributed by atoms with Crippen molar-refractivity contribution in [2.24, 2.45) is 0 Å². The van der Waals surface area contributed by atoms with Crippen molar-refractivity contribution in [1.82, 2.24) is 0 Å². The van der Waals surface area contributed by atoms with Gasteiger partial charge in [-0.2, -0.15) is 8.42 Å². The van der Waals surface area contributed by atoms with Crippen LogP contribution in [-0.4, -0.2) is 61.4 Å². The lowest BCUT2D eigenvalue weighted by molar-refractivity contribution is 0.0185. The van der Waals surface area contributed by atoms with Crippen molar-refractivity contribution < 1.29 is 26.8 Å². The molecular weight excluding hydrogens is 224 g/mol. The largest absolute Gasteiger partial charge is 0.382 e. The van der Waals surface area contributed by atoms with Crippen LogP contribution in [0.15, 0.2) is 0 Å². The molecule has 7 heteroatoms. The zero-order valence-corrected chi connectivity index (χ0v) is 9.92. The number of ether oxygens (including phenoxy) is 3. The van der Waals surface area contributed by atoms with E-state index >= 15 is 0 Å². The summed E-state index contributed by atoms with van der Waals surface area (Å²) in [5.74, 6) is 0. The van der Waals surface area contributed by atoms with Gasteiger partial charge in [-0.1, -0.05) is 0 Å². The highest BCUT2D eigenvalue weighted by atomic mass is 32.2. The Labute approximate surface area is 90.6 Å². The highest BCUT2D eigenvalue weighted by Crippen LogP contribution is 1.86. The van der Waals surface area contributed by atoms with E-state index in [-0.39, 0.29) is 13.2 Å². The maximum Gasteiger partial charge on any atom is 0.264 e. The van der Waals surface area contributed by atoms with Crippen LogP contribution in [0.25, 0.3) is 0 Å². The van der Waals surface area contributed by atoms with Gasteiger partial charge in [0.05, 0.1) is 45.9 Å². The molecule has 0 radical (unpaired) electrons. The zero-order chi connectivity index (χ0) is 11.6. The number of methoxy groups -OCH3 is 1. The lowest BCUT2D eigenvalue weighted by atomic mass is 10.7. The molecule has 0 aromatic heterocycles. The summed E-state index contributed by atoms with van der Waals surface area (Å²) in [7, 11) is -1.76.